The van der Waals surface area contributed by atoms with Gasteiger partial charge in [0.15, 0.2) is 0 Å². The van der Waals surface area contributed by atoms with E-state index in [0.29, 0.717) is 16.2 Å². The Morgan fingerprint density at radius 3 is 2.52 bits per heavy atom. The van der Waals surface area contributed by atoms with Crippen LogP contribution in [-0.4, -0.2) is 46.1 Å². The van der Waals surface area contributed by atoms with E-state index in [1.54, 1.807) is 32.0 Å². The van der Waals surface area contributed by atoms with Crippen molar-refractivity contribution < 1.29 is 19.2 Å². The number of hydrogen-bond donors (Lipinski definition) is 1. The molecule has 1 aliphatic rings. The molecule has 0 aromatic heterocycles. The van der Waals surface area contributed by atoms with Crippen molar-refractivity contribution in [1.82, 2.24) is 9.80 Å². The van der Waals surface area contributed by atoms with Crippen molar-refractivity contribution in [3.8, 4) is 6.07 Å². The van der Waals surface area contributed by atoms with Crippen molar-refractivity contribution in [3.05, 3.63) is 29.8 Å². The van der Waals surface area contributed by atoms with Crippen LogP contribution >= 0.6 is 0 Å². The van der Waals surface area contributed by atoms with Crippen LogP contribution in [0.5, 0.6) is 0 Å². The van der Waals surface area contributed by atoms with Gasteiger partial charge < -0.3 is 5.32 Å². The summed E-state index contributed by atoms with van der Waals surface area (Å²) in [5.41, 5.74) is 0.720. The first-order valence-electron chi connectivity index (χ1n) is 6.84. The number of nitrogens with zero attached hydrogens (tertiary/aromatic N) is 3. The quantitative estimate of drug-likeness (QED) is 0.649. The largest absolute Gasteiger partial charge is 0.334 e. The van der Waals surface area contributed by atoms with E-state index >= 15 is 0 Å². The Kier molecular flexibility index (Phi) is 4.41. The number of imide groups is 2. The molecule has 1 N–H and O–H groups in total. The van der Waals surface area contributed by atoms with E-state index < -0.39 is 36.3 Å². The molecule has 118 valence electrons. The summed E-state index contributed by atoms with van der Waals surface area (Å²) in [6.45, 7) is 2.63. The van der Waals surface area contributed by atoms with Gasteiger partial charge in [0.2, 0.25) is 5.91 Å². The molecule has 1 aliphatic heterocycles. The van der Waals surface area contributed by atoms with Crippen LogP contribution in [0, 0.1) is 11.3 Å². The molecular weight excluding hydrogens is 300 g/mol. The molecule has 0 radical (unpaired) electrons. The second-order valence-corrected chi connectivity index (χ2v) is 5.18. The average Bonchev–Trinajstić information content (AvgIpc) is 2.71. The lowest BCUT2D eigenvalue weighted by atomic mass is 10.2. The summed E-state index contributed by atoms with van der Waals surface area (Å²) < 4.78 is 0. The third-order valence-corrected chi connectivity index (χ3v) is 3.18. The highest BCUT2D eigenvalue weighted by atomic mass is 16.2. The zero-order valence-electron chi connectivity index (χ0n) is 12.6. The molecule has 8 heteroatoms. The number of hydrogen-bond acceptors (Lipinski definition) is 5. The fraction of sp³-hybridized carbons (Fsp3) is 0.267. The van der Waals surface area contributed by atoms with Gasteiger partial charge in [-0.15, -0.1) is 0 Å². The van der Waals surface area contributed by atoms with Gasteiger partial charge in [0.05, 0.1) is 11.6 Å². The normalized spacial score (nSPS) is 14.4. The van der Waals surface area contributed by atoms with Crippen LogP contribution in [0.25, 0.3) is 0 Å². The van der Waals surface area contributed by atoms with E-state index in [4.69, 9.17) is 5.26 Å². The maximum Gasteiger partial charge on any atom is 0.334 e. The van der Waals surface area contributed by atoms with Crippen molar-refractivity contribution >= 4 is 29.4 Å². The molecule has 1 aromatic rings. The summed E-state index contributed by atoms with van der Waals surface area (Å²) in [5, 5.41) is 11.3. The Bertz CT molecular complexity index is 735. The molecule has 0 unspecified atom stereocenters. The van der Waals surface area contributed by atoms with E-state index in [1.165, 1.54) is 6.07 Å². The van der Waals surface area contributed by atoms with Gasteiger partial charge in [0.1, 0.15) is 6.54 Å². The van der Waals surface area contributed by atoms with Crippen LogP contribution in [0.1, 0.15) is 19.4 Å². The lowest BCUT2D eigenvalue weighted by Gasteiger charge is -2.18. The fourth-order valence-electron chi connectivity index (χ4n) is 2.13. The second kappa shape index (κ2) is 6.27. The number of benzene rings is 1. The van der Waals surface area contributed by atoms with E-state index in [0.717, 1.165) is 4.90 Å². The Hall–Kier alpha value is -3.21. The van der Waals surface area contributed by atoms with Gasteiger partial charge >= 0.3 is 17.8 Å². The molecular formula is C15H14N4O4. The van der Waals surface area contributed by atoms with Crippen LogP contribution in [-0.2, 0) is 14.4 Å². The number of anilines is 1. The van der Waals surface area contributed by atoms with Crippen molar-refractivity contribution in [2.75, 3.05) is 11.9 Å². The molecule has 1 saturated heterocycles. The van der Waals surface area contributed by atoms with E-state index in [1.807, 2.05) is 6.07 Å². The van der Waals surface area contributed by atoms with Crippen LogP contribution < -0.4 is 5.32 Å². The molecule has 1 fully saturated rings. The van der Waals surface area contributed by atoms with Gasteiger partial charge in [-0.05, 0) is 32.0 Å². The molecule has 1 heterocycles. The van der Waals surface area contributed by atoms with Crippen LogP contribution in [0.4, 0.5) is 10.5 Å². The minimum Gasteiger partial charge on any atom is -0.324 e. The van der Waals surface area contributed by atoms with Crippen LogP contribution in [0.15, 0.2) is 24.3 Å². The molecule has 5 amide bonds. The standard InChI is InChI=1S/C15H14N4O4/c1-9(2)19-14(22)13(21)18(15(19)23)8-12(20)17-11-5-3-4-10(6-11)7-16/h3-6,9H,8H2,1-2H3,(H,17,20). The third-order valence-electron chi connectivity index (χ3n) is 3.18. The van der Waals surface area contributed by atoms with E-state index in [2.05, 4.69) is 5.32 Å². The topological polar surface area (TPSA) is 111 Å². The lowest BCUT2D eigenvalue weighted by molar-refractivity contribution is -0.144. The predicted molar refractivity (Wildman–Crippen MR) is 78.9 cm³/mol. The van der Waals surface area contributed by atoms with Crippen molar-refractivity contribution in [1.29, 1.82) is 5.26 Å². The molecule has 0 saturated carbocycles. The minimum absolute atomic E-state index is 0.359. The van der Waals surface area contributed by atoms with Gasteiger partial charge in [0.25, 0.3) is 0 Å². The highest BCUT2D eigenvalue weighted by molar-refractivity contribution is 6.45. The maximum absolute atomic E-state index is 12.0. The Balaban J connectivity index is 2.08. The SMILES string of the molecule is CC(C)N1C(=O)C(=O)N(CC(=O)Nc2cccc(C#N)c2)C1=O. The summed E-state index contributed by atoms with van der Waals surface area (Å²) in [5.74, 6) is -2.60. The highest BCUT2D eigenvalue weighted by Crippen LogP contribution is 2.16. The third kappa shape index (κ3) is 3.18. The van der Waals surface area contributed by atoms with Crippen LogP contribution in [0.2, 0.25) is 0 Å². The molecule has 1 aromatic carbocycles. The predicted octanol–water partition coefficient (Wildman–Crippen LogP) is 0.696. The molecule has 23 heavy (non-hydrogen) atoms. The van der Waals surface area contributed by atoms with Crippen molar-refractivity contribution in [2.45, 2.75) is 19.9 Å². The van der Waals surface area contributed by atoms with Crippen molar-refractivity contribution in [3.63, 3.8) is 0 Å². The first kappa shape index (κ1) is 16.2. The lowest BCUT2D eigenvalue weighted by Crippen LogP contribution is -2.40. The molecule has 0 bridgehead atoms. The monoisotopic (exact) mass is 314 g/mol. The molecule has 8 nitrogen and oxygen atoms in total. The highest BCUT2D eigenvalue weighted by Gasteiger charge is 2.46. The molecule has 0 spiro atoms. The van der Waals surface area contributed by atoms with Crippen LogP contribution in [0.3, 0.4) is 0 Å². The summed E-state index contributed by atoms with van der Waals surface area (Å²) in [7, 11) is 0. The fourth-order valence-corrected chi connectivity index (χ4v) is 2.13. The number of nitrogens with one attached hydrogen (secondary N) is 1. The molecule has 0 atom stereocenters. The maximum atomic E-state index is 12.0. The number of urea groups is 1. The summed E-state index contributed by atoms with van der Waals surface area (Å²) in [6.07, 6.45) is 0. The first-order valence-corrected chi connectivity index (χ1v) is 6.84. The zero-order chi connectivity index (χ0) is 17.1. The summed E-state index contributed by atoms with van der Waals surface area (Å²) >= 11 is 0. The second-order valence-electron chi connectivity index (χ2n) is 5.18. The number of rotatable bonds is 4. The van der Waals surface area contributed by atoms with E-state index in [9.17, 15) is 19.2 Å². The first-order chi connectivity index (χ1) is 10.8. The average molecular weight is 314 g/mol. The number of nitriles is 1. The Labute approximate surface area is 132 Å². The van der Waals surface area contributed by atoms with Gasteiger partial charge in [-0.2, -0.15) is 5.26 Å². The Morgan fingerprint density at radius 2 is 1.96 bits per heavy atom. The summed E-state index contributed by atoms with van der Waals surface area (Å²) in [4.78, 5) is 49.0. The van der Waals surface area contributed by atoms with Gasteiger partial charge in [-0.1, -0.05) is 6.07 Å². The number of carbonyl (C=O) groups is 4. The smallest absolute Gasteiger partial charge is 0.324 e. The number of amides is 5. The van der Waals surface area contributed by atoms with Crippen molar-refractivity contribution in [2.24, 2.45) is 0 Å². The van der Waals surface area contributed by atoms with Gasteiger partial charge in [-0.3, -0.25) is 19.3 Å². The summed E-state index contributed by atoms with van der Waals surface area (Å²) in [6, 6.07) is 6.83. The zero-order valence-corrected chi connectivity index (χ0v) is 12.6. The molecule has 0 aliphatic carbocycles. The number of carbonyl (C=O) groups excluding carboxylic acids is 4. The van der Waals surface area contributed by atoms with Gasteiger partial charge in [-0.25, -0.2) is 9.69 Å². The minimum atomic E-state index is -1.02. The molecule has 2 rings (SSSR count). The Morgan fingerprint density at radius 1 is 1.26 bits per heavy atom. The van der Waals surface area contributed by atoms with Gasteiger partial charge in [0, 0.05) is 11.7 Å². The van der Waals surface area contributed by atoms with E-state index in [-0.39, 0.29) is 0 Å².